The topological polar surface area (TPSA) is 58.2 Å². The van der Waals surface area contributed by atoms with E-state index in [0.717, 1.165) is 16.0 Å². The number of halogens is 1. The molecular formula is C19H13FN2O2S. The van der Waals surface area contributed by atoms with Crippen molar-refractivity contribution in [1.29, 1.82) is 0 Å². The van der Waals surface area contributed by atoms with Gasteiger partial charge in [-0.15, -0.1) is 11.3 Å². The number of carbonyl (C=O) groups excluding carboxylic acids is 2. The molecule has 0 radical (unpaired) electrons. The van der Waals surface area contributed by atoms with Crippen molar-refractivity contribution >= 4 is 28.8 Å². The van der Waals surface area contributed by atoms with E-state index in [-0.39, 0.29) is 17.6 Å². The van der Waals surface area contributed by atoms with Crippen molar-refractivity contribution in [3.63, 3.8) is 0 Å². The van der Waals surface area contributed by atoms with E-state index >= 15 is 0 Å². The average Bonchev–Trinajstić information content (AvgIpc) is 3.24. The number of fused-ring (bicyclic) bond motifs is 1. The van der Waals surface area contributed by atoms with Crippen molar-refractivity contribution < 1.29 is 14.0 Å². The van der Waals surface area contributed by atoms with Gasteiger partial charge in [0, 0.05) is 11.4 Å². The number of benzene rings is 2. The third-order valence-corrected chi connectivity index (χ3v) is 5.16. The minimum atomic E-state index is -0.297. The Hall–Kier alpha value is -2.99. The molecule has 0 saturated carbocycles. The molecular weight excluding hydrogens is 339 g/mol. The Morgan fingerprint density at radius 1 is 1.08 bits per heavy atom. The molecule has 3 aromatic rings. The lowest BCUT2D eigenvalue weighted by Crippen LogP contribution is -2.16. The predicted molar refractivity (Wildman–Crippen MR) is 95.3 cm³/mol. The van der Waals surface area contributed by atoms with E-state index in [9.17, 15) is 14.0 Å². The molecule has 4 nitrogen and oxygen atoms in total. The number of hydrogen-bond acceptors (Lipinski definition) is 3. The Labute approximate surface area is 147 Å². The second-order valence-electron chi connectivity index (χ2n) is 5.65. The molecule has 0 saturated heterocycles. The number of amides is 2. The van der Waals surface area contributed by atoms with E-state index in [1.165, 1.54) is 23.5 Å². The van der Waals surface area contributed by atoms with E-state index in [1.54, 1.807) is 24.3 Å². The van der Waals surface area contributed by atoms with Crippen LogP contribution in [0.15, 0.2) is 54.6 Å². The Bertz CT molecular complexity index is 979. The third kappa shape index (κ3) is 2.92. The van der Waals surface area contributed by atoms with Crippen molar-refractivity contribution in [1.82, 2.24) is 5.32 Å². The van der Waals surface area contributed by atoms with Crippen LogP contribution in [-0.2, 0) is 6.54 Å². The van der Waals surface area contributed by atoms with E-state index in [4.69, 9.17) is 0 Å². The lowest BCUT2D eigenvalue weighted by molar-refractivity contribution is 0.0966. The molecule has 2 heterocycles. The summed E-state index contributed by atoms with van der Waals surface area (Å²) in [6.07, 6.45) is 0. The maximum atomic E-state index is 13.0. The lowest BCUT2D eigenvalue weighted by Gasteiger charge is -2.07. The molecule has 1 aromatic heterocycles. The summed E-state index contributed by atoms with van der Waals surface area (Å²) in [7, 11) is 0. The third-order valence-electron chi connectivity index (χ3n) is 4.02. The first-order chi connectivity index (χ1) is 12.1. The summed E-state index contributed by atoms with van der Waals surface area (Å²) < 4.78 is 13.0. The standard InChI is InChI=1S/C19H13FN2O2S/c20-13-6-4-11(5-7-13)15-8-9-16(25-15)18(23)22-14-3-1-2-12-10-21-19(24)17(12)14/h1-9H,10H2,(H,21,24)(H,22,23). The molecule has 0 bridgehead atoms. The van der Waals surface area contributed by atoms with Crippen molar-refractivity contribution in [2.24, 2.45) is 0 Å². The fourth-order valence-electron chi connectivity index (χ4n) is 2.80. The first kappa shape index (κ1) is 15.5. The van der Waals surface area contributed by atoms with E-state index in [2.05, 4.69) is 10.6 Å². The molecule has 1 aliphatic heterocycles. The number of carbonyl (C=O) groups is 2. The zero-order chi connectivity index (χ0) is 17.4. The Balaban J connectivity index is 1.58. The minimum absolute atomic E-state index is 0.177. The molecule has 2 N–H and O–H groups in total. The van der Waals surface area contributed by atoms with E-state index in [1.807, 2.05) is 18.2 Å². The van der Waals surface area contributed by atoms with Gasteiger partial charge in [0.1, 0.15) is 5.82 Å². The molecule has 2 amide bonds. The van der Waals surface area contributed by atoms with Crippen LogP contribution in [0.5, 0.6) is 0 Å². The number of hydrogen-bond donors (Lipinski definition) is 2. The normalized spacial score (nSPS) is 12.6. The van der Waals surface area contributed by atoms with Gasteiger partial charge < -0.3 is 10.6 Å². The van der Waals surface area contributed by atoms with Gasteiger partial charge in [-0.05, 0) is 41.5 Å². The summed E-state index contributed by atoms with van der Waals surface area (Å²) in [5, 5.41) is 5.56. The van der Waals surface area contributed by atoms with Gasteiger partial charge in [-0.1, -0.05) is 24.3 Å². The van der Waals surface area contributed by atoms with Crippen molar-refractivity contribution in [2.45, 2.75) is 6.54 Å². The SMILES string of the molecule is O=C(Nc1cccc2c1C(=O)NC2)c1ccc(-c2ccc(F)cc2)s1. The van der Waals surface area contributed by atoms with Gasteiger partial charge in [0.2, 0.25) is 0 Å². The monoisotopic (exact) mass is 352 g/mol. The van der Waals surface area contributed by atoms with Crippen molar-refractivity contribution in [3.8, 4) is 10.4 Å². The predicted octanol–water partition coefficient (Wildman–Crippen LogP) is 4.05. The van der Waals surface area contributed by atoms with Gasteiger partial charge >= 0.3 is 0 Å². The van der Waals surface area contributed by atoms with Gasteiger partial charge in [0.15, 0.2) is 0 Å². The summed E-state index contributed by atoms with van der Waals surface area (Å²) in [5.74, 6) is -0.745. The van der Waals surface area contributed by atoms with Gasteiger partial charge in [0.05, 0.1) is 16.1 Å². The molecule has 4 rings (SSSR count). The van der Waals surface area contributed by atoms with Crippen LogP contribution in [-0.4, -0.2) is 11.8 Å². The fourth-order valence-corrected chi connectivity index (χ4v) is 3.70. The largest absolute Gasteiger partial charge is 0.348 e. The Morgan fingerprint density at radius 3 is 2.68 bits per heavy atom. The molecule has 0 spiro atoms. The summed E-state index contributed by atoms with van der Waals surface area (Å²) in [6.45, 7) is 0.478. The molecule has 1 aliphatic rings. The summed E-state index contributed by atoms with van der Waals surface area (Å²) in [5.41, 5.74) is 2.76. The second-order valence-corrected chi connectivity index (χ2v) is 6.73. The van der Waals surface area contributed by atoms with E-state index < -0.39 is 0 Å². The minimum Gasteiger partial charge on any atom is -0.348 e. The number of nitrogens with one attached hydrogen (secondary N) is 2. The van der Waals surface area contributed by atoms with Crippen LogP contribution in [0.4, 0.5) is 10.1 Å². The summed E-state index contributed by atoms with van der Waals surface area (Å²) in [6, 6.07) is 15.1. The highest BCUT2D eigenvalue weighted by molar-refractivity contribution is 7.17. The highest BCUT2D eigenvalue weighted by Gasteiger charge is 2.23. The zero-order valence-corrected chi connectivity index (χ0v) is 13.8. The van der Waals surface area contributed by atoms with Crippen LogP contribution < -0.4 is 10.6 Å². The fraction of sp³-hybridized carbons (Fsp3) is 0.0526. The maximum absolute atomic E-state index is 13.0. The quantitative estimate of drug-likeness (QED) is 0.747. The molecule has 0 unspecified atom stereocenters. The molecule has 0 fully saturated rings. The highest BCUT2D eigenvalue weighted by Crippen LogP contribution is 2.30. The highest BCUT2D eigenvalue weighted by atomic mass is 32.1. The first-order valence-electron chi connectivity index (χ1n) is 7.69. The van der Waals surface area contributed by atoms with Crippen molar-refractivity contribution in [3.05, 3.63) is 76.4 Å². The van der Waals surface area contributed by atoms with E-state index in [0.29, 0.717) is 22.7 Å². The van der Waals surface area contributed by atoms with Gasteiger partial charge in [-0.2, -0.15) is 0 Å². The van der Waals surface area contributed by atoms with Crippen LogP contribution in [0.3, 0.4) is 0 Å². The van der Waals surface area contributed by atoms with Gasteiger partial charge in [-0.3, -0.25) is 9.59 Å². The van der Waals surface area contributed by atoms with Crippen LogP contribution >= 0.6 is 11.3 Å². The van der Waals surface area contributed by atoms with Gasteiger partial charge in [-0.25, -0.2) is 4.39 Å². The molecule has 25 heavy (non-hydrogen) atoms. The number of thiophene rings is 1. The molecule has 124 valence electrons. The second kappa shape index (κ2) is 6.14. The molecule has 2 aromatic carbocycles. The summed E-state index contributed by atoms with van der Waals surface area (Å²) >= 11 is 1.32. The van der Waals surface area contributed by atoms with Crippen molar-refractivity contribution in [2.75, 3.05) is 5.32 Å². The Kier molecular flexibility index (Phi) is 3.82. The molecule has 0 atom stereocenters. The Morgan fingerprint density at radius 2 is 1.88 bits per heavy atom. The smallest absolute Gasteiger partial charge is 0.265 e. The maximum Gasteiger partial charge on any atom is 0.265 e. The number of anilines is 1. The molecule has 0 aliphatic carbocycles. The van der Waals surface area contributed by atoms with Crippen LogP contribution in [0.25, 0.3) is 10.4 Å². The lowest BCUT2D eigenvalue weighted by atomic mass is 10.1. The van der Waals surface area contributed by atoms with Crippen LogP contribution in [0, 0.1) is 5.82 Å². The van der Waals surface area contributed by atoms with Gasteiger partial charge in [0.25, 0.3) is 11.8 Å². The zero-order valence-electron chi connectivity index (χ0n) is 13.0. The summed E-state index contributed by atoms with van der Waals surface area (Å²) in [4.78, 5) is 25.9. The van der Waals surface area contributed by atoms with Crippen LogP contribution in [0.2, 0.25) is 0 Å². The first-order valence-corrected chi connectivity index (χ1v) is 8.51. The number of rotatable bonds is 3. The average molecular weight is 352 g/mol. The molecule has 6 heteroatoms. The van der Waals surface area contributed by atoms with Crippen LogP contribution in [0.1, 0.15) is 25.6 Å².